The molecule has 3 atom stereocenters. The number of nitrogens with one attached hydrogen (secondary N) is 4. The van der Waals surface area contributed by atoms with Crippen molar-refractivity contribution < 1.29 is 19.2 Å². The van der Waals surface area contributed by atoms with Crippen LogP contribution in [0.4, 0.5) is 0 Å². The number of benzene rings is 1. The molecule has 0 spiro atoms. The lowest BCUT2D eigenvalue weighted by molar-refractivity contribution is -0.129. The van der Waals surface area contributed by atoms with Crippen molar-refractivity contribution in [3.8, 4) is 0 Å². The molecule has 0 radical (unpaired) electrons. The third-order valence-electron chi connectivity index (χ3n) is 5.80. The number of hydrogen-bond donors (Lipinski definition) is 4. The van der Waals surface area contributed by atoms with Gasteiger partial charge in [0.25, 0.3) is 5.91 Å². The molecule has 0 aliphatic carbocycles. The summed E-state index contributed by atoms with van der Waals surface area (Å²) in [6.07, 6.45) is 2.05. The number of rotatable bonds is 4. The summed E-state index contributed by atoms with van der Waals surface area (Å²) >= 11 is 1.28. The number of fused-ring (bicyclic) bond motifs is 2. The Morgan fingerprint density at radius 1 is 1.11 bits per heavy atom. The average molecular weight is 500 g/mol. The van der Waals surface area contributed by atoms with E-state index in [2.05, 4.69) is 26.3 Å². The van der Waals surface area contributed by atoms with Crippen molar-refractivity contribution in [1.29, 1.82) is 0 Å². The van der Waals surface area contributed by atoms with Crippen molar-refractivity contribution in [2.75, 3.05) is 6.54 Å². The zero-order valence-electron chi connectivity index (χ0n) is 20.3. The van der Waals surface area contributed by atoms with Crippen molar-refractivity contribution in [3.63, 3.8) is 0 Å². The number of thiazole rings is 1. The molecule has 0 unspecified atom stereocenters. The van der Waals surface area contributed by atoms with Gasteiger partial charge in [0.05, 0.1) is 6.04 Å². The van der Waals surface area contributed by atoms with Gasteiger partial charge in [0.1, 0.15) is 22.8 Å². The highest BCUT2D eigenvalue weighted by Crippen LogP contribution is 2.25. The van der Waals surface area contributed by atoms with E-state index in [9.17, 15) is 19.2 Å². The fraction of sp³-hybridized carbons (Fsp3) is 0.480. The summed E-state index contributed by atoms with van der Waals surface area (Å²) in [6.45, 7) is 5.69. The minimum Gasteiger partial charge on any atom is -0.354 e. The Hall–Kier alpha value is -3.27. The molecule has 1 aromatic carbocycles. The molecule has 4 amide bonds. The first-order valence-electron chi connectivity index (χ1n) is 11.9. The molecule has 3 rings (SSSR count). The van der Waals surface area contributed by atoms with Crippen LogP contribution in [0.1, 0.15) is 67.1 Å². The van der Waals surface area contributed by atoms with Crippen LogP contribution in [0.25, 0.3) is 0 Å². The minimum absolute atomic E-state index is 0.00878. The topological polar surface area (TPSA) is 129 Å². The largest absolute Gasteiger partial charge is 0.354 e. The van der Waals surface area contributed by atoms with Gasteiger partial charge in [-0.05, 0) is 30.7 Å². The zero-order chi connectivity index (χ0) is 25.4. The lowest BCUT2D eigenvalue weighted by atomic mass is 10.0. The monoisotopic (exact) mass is 499 g/mol. The molecule has 4 N–H and O–H groups in total. The van der Waals surface area contributed by atoms with Crippen LogP contribution in [-0.4, -0.2) is 47.2 Å². The maximum atomic E-state index is 13.0. The summed E-state index contributed by atoms with van der Waals surface area (Å²) in [4.78, 5) is 55.2. The zero-order valence-corrected chi connectivity index (χ0v) is 21.1. The summed E-state index contributed by atoms with van der Waals surface area (Å²) in [5.74, 6) is -1.29. The molecule has 188 valence electrons. The van der Waals surface area contributed by atoms with E-state index in [1.807, 2.05) is 44.2 Å². The average Bonchev–Trinajstić information content (AvgIpc) is 3.30. The highest BCUT2D eigenvalue weighted by atomic mass is 32.1. The van der Waals surface area contributed by atoms with Gasteiger partial charge < -0.3 is 21.3 Å². The van der Waals surface area contributed by atoms with Gasteiger partial charge >= 0.3 is 0 Å². The third kappa shape index (κ3) is 7.61. The molecule has 2 heterocycles. The highest BCUT2D eigenvalue weighted by molar-refractivity contribution is 7.09. The van der Waals surface area contributed by atoms with Gasteiger partial charge in [-0.1, -0.05) is 44.2 Å². The smallest absolute Gasteiger partial charge is 0.271 e. The van der Waals surface area contributed by atoms with E-state index >= 15 is 0 Å². The standard InChI is InChI=1S/C25H33N5O4S/c1-15(2)21-25-29-20(14-35-25)24(34)28-19(13-17-9-5-4-6-10-17)22(32)26-12-8-7-11-18(23(33)30-21)27-16(3)31/h4-6,9-10,14-15,18-19,21H,7-8,11-13H2,1-3H3,(H,26,32)(H,27,31)(H,28,34)(H,30,33)/t18-,19+,21+/m0/s1. The molecule has 0 saturated heterocycles. The molecule has 0 fully saturated rings. The van der Waals surface area contributed by atoms with Crippen LogP contribution >= 0.6 is 11.3 Å². The third-order valence-corrected chi connectivity index (χ3v) is 6.73. The second-order valence-electron chi connectivity index (χ2n) is 9.06. The number of hydrogen-bond acceptors (Lipinski definition) is 6. The van der Waals surface area contributed by atoms with Crippen LogP contribution < -0.4 is 21.3 Å². The van der Waals surface area contributed by atoms with Crippen LogP contribution in [0.5, 0.6) is 0 Å². The summed E-state index contributed by atoms with van der Waals surface area (Å²) in [7, 11) is 0. The Labute approximate surface area is 209 Å². The van der Waals surface area contributed by atoms with E-state index < -0.39 is 24.0 Å². The van der Waals surface area contributed by atoms with Gasteiger partial charge in [-0.15, -0.1) is 11.3 Å². The first kappa shape index (κ1) is 26.3. The fourth-order valence-electron chi connectivity index (χ4n) is 3.92. The van der Waals surface area contributed by atoms with Gasteiger partial charge in [-0.3, -0.25) is 19.2 Å². The maximum Gasteiger partial charge on any atom is 0.271 e. The Morgan fingerprint density at radius 2 is 1.86 bits per heavy atom. The number of carbonyl (C=O) groups excluding carboxylic acids is 4. The van der Waals surface area contributed by atoms with Gasteiger partial charge in [0.2, 0.25) is 17.7 Å². The fourth-order valence-corrected chi connectivity index (χ4v) is 4.94. The predicted octanol–water partition coefficient (Wildman–Crippen LogP) is 2.10. The van der Waals surface area contributed by atoms with E-state index in [0.29, 0.717) is 37.2 Å². The lowest BCUT2D eigenvalue weighted by Gasteiger charge is -2.24. The summed E-state index contributed by atoms with van der Waals surface area (Å²) in [5, 5.41) is 13.7. The highest BCUT2D eigenvalue weighted by Gasteiger charge is 2.29. The Bertz CT molecular complexity index is 1040. The van der Waals surface area contributed by atoms with Crippen LogP contribution in [0.2, 0.25) is 0 Å². The van der Waals surface area contributed by atoms with Crippen LogP contribution in [0.3, 0.4) is 0 Å². The second-order valence-corrected chi connectivity index (χ2v) is 9.95. The normalized spacial score (nSPS) is 22.2. The van der Waals surface area contributed by atoms with Crippen LogP contribution in [-0.2, 0) is 20.8 Å². The van der Waals surface area contributed by atoms with E-state index in [-0.39, 0.29) is 29.3 Å². The van der Waals surface area contributed by atoms with Crippen molar-refractivity contribution in [2.24, 2.45) is 5.92 Å². The molecule has 1 aliphatic heterocycles. The quantitative estimate of drug-likeness (QED) is 0.512. The van der Waals surface area contributed by atoms with Crippen LogP contribution in [0, 0.1) is 5.92 Å². The molecule has 9 nitrogen and oxygen atoms in total. The van der Waals surface area contributed by atoms with Crippen molar-refractivity contribution >= 4 is 35.0 Å². The number of aromatic nitrogens is 1. The Balaban J connectivity index is 1.88. The molecule has 1 aromatic heterocycles. The molecule has 2 bridgehead atoms. The van der Waals surface area contributed by atoms with Gasteiger partial charge in [0.15, 0.2) is 0 Å². The van der Waals surface area contributed by atoms with Crippen molar-refractivity contribution in [1.82, 2.24) is 26.3 Å². The summed E-state index contributed by atoms with van der Waals surface area (Å²) in [6, 6.07) is 7.65. The minimum atomic E-state index is -0.754. The number of carbonyl (C=O) groups is 4. The van der Waals surface area contributed by atoms with Gasteiger partial charge in [-0.2, -0.15) is 0 Å². The van der Waals surface area contributed by atoms with E-state index in [1.165, 1.54) is 18.3 Å². The molecular formula is C25H33N5O4S. The second kappa shape index (κ2) is 12.4. The molecule has 2 aromatic rings. The lowest BCUT2D eigenvalue weighted by Crippen LogP contribution is -2.49. The Kier molecular flexibility index (Phi) is 9.36. The first-order valence-corrected chi connectivity index (χ1v) is 12.8. The predicted molar refractivity (Wildman–Crippen MR) is 134 cm³/mol. The first-order chi connectivity index (χ1) is 16.7. The summed E-state index contributed by atoms with van der Waals surface area (Å²) < 4.78 is 0. The number of amides is 4. The molecule has 1 aliphatic rings. The van der Waals surface area contributed by atoms with E-state index in [0.717, 1.165) is 5.56 Å². The Morgan fingerprint density at radius 3 is 2.54 bits per heavy atom. The van der Waals surface area contributed by atoms with E-state index in [1.54, 1.807) is 5.38 Å². The van der Waals surface area contributed by atoms with E-state index in [4.69, 9.17) is 0 Å². The summed E-state index contributed by atoms with van der Waals surface area (Å²) in [5.41, 5.74) is 1.13. The molecule has 10 heteroatoms. The number of nitrogens with zero attached hydrogens (tertiary/aromatic N) is 1. The SMILES string of the molecule is CC(=O)N[C@H]1CCCCNC(=O)[C@@H](Cc2ccccc2)NC(=O)c2csc(n2)[C@@H](C(C)C)NC1=O. The van der Waals surface area contributed by atoms with Gasteiger partial charge in [0, 0.05) is 25.3 Å². The molecular weight excluding hydrogens is 466 g/mol. The molecule has 35 heavy (non-hydrogen) atoms. The van der Waals surface area contributed by atoms with Crippen molar-refractivity contribution in [3.05, 3.63) is 52.0 Å². The van der Waals surface area contributed by atoms with Gasteiger partial charge in [-0.25, -0.2) is 4.98 Å². The maximum absolute atomic E-state index is 13.0. The van der Waals surface area contributed by atoms with Crippen LogP contribution in [0.15, 0.2) is 35.7 Å². The van der Waals surface area contributed by atoms with Crippen molar-refractivity contribution in [2.45, 2.75) is 64.6 Å². The molecule has 0 saturated carbocycles.